The zero-order valence-corrected chi connectivity index (χ0v) is 15.9. The Morgan fingerprint density at radius 3 is 2.21 bits per heavy atom. The van der Waals surface area contributed by atoms with Gasteiger partial charge in [-0.15, -0.1) is 0 Å². The van der Waals surface area contributed by atoms with Crippen LogP contribution >= 0.6 is 0 Å². The van der Waals surface area contributed by atoms with Gasteiger partial charge in [0.05, 0.1) is 4.90 Å². The van der Waals surface area contributed by atoms with Crippen LogP contribution in [0.5, 0.6) is 0 Å². The molecule has 5 nitrogen and oxygen atoms in total. The summed E-state index contributed by atoms with van der Waals surface area (Å²) in [7, 11) is -3.50. The van der Waals surface area contributed by atoms with Crippen LogP contribution in [0.15, 0.2) is 29.2 Å². The van der Waals surface area contributed by atoms with Gasteiger partial charge in [0.2, 0.25) is 15.9 Å². The summed E-state index contributed by atoms with van der Waals surface area (Å²) in [4.78, 5) is 14.5. The average Bonchev–Trinajstić information content (AvgIpc) is 2.79. The molecule has 1 amide bonds. The van der Waals surface area contributed by atoms with Crippen LogP contribution < -0.4 is 0 Å². The highest BCUT2D eigenvalue weighted by Gasteiger charge is 2.31. The van der Waals surface area contributed by atoms with Crippen molar-refractivity contribution in [1.82, 2.24) is 9.21 Å². The van der Waals surface area contributed by atoms with E-state index in [0.717, 1.165) is 12.0 Å². The predicted molar refractivity (Wildman–Crippen MR) is 95.2 cm³/mol. The Labute approximate surface area is 145 Å². The van der Waals surface area contributed by atoms with Crippen molar-refractivity contribution in [3.8, 4) is 0 Å². The van der Waals surface area contributed by atoms with Gasteiger partial charge in [0.15, 0.2) is 0 Å². The van der Waals surface area contributed by atoms with E-state index in [1.807, 2.05) is 39.8 Å². The molecule has 1 aromatic rings. The van der Waals surface area contributed by atoms with Gasteiger partial charge >= 0.3 is 0 Å². The maximum Gasteiger partial charge on any atom is 0.243 e. The van der Waals surface area contributed by atoms with Crippen molar-refractivity contribution in [2.24, 2.45) is 5.41 Å². The molecule has 24 heavy (non-hydrogen) atoms. The molecule has 0 bridgehead atoms. The summed E-state index contributed by atoms with van der Waals surface area (Å²) >= 11 is 0. The normalized spacial score (nSPS) is 17.6. The number of sulfonamides is 1. The first-order valence-electron chi connectivity index (χ1n) is 8.54. The van der Waals surface area contributed by atoms with Crippen molar-refractivity contribution in [1.29, 1.82) is 0 Å². The second kappa shape index (κ2) is 7.23. The molecule has 0 unspecified atom stereocenters. The molecule has 1 heterocycles. The first-order chi connectivity index (χ1) is 11.2. The molecule has 1 aromatic carbocycles. The molecule has 134 valence electrons. The first-order valence-corrected chi connectivity index (χ1v) is 9.98. The van der Waals surface area contributed by atoms with E-state index in [0.29, 0.717) is 37.5 Å². The molecular weight excluding hydrogens is 324 g/mol. The maximum atomic E-state index is 12.8. The van der Waals surface area contributed by atoms with Crippen molar-refractivity contribution in [3.05, 3.63) is 29.8 Å². The second-order valence-electron chi connectivity index (χ2n) is 7.30. The van der Waals surface area contributed by atoms with E-state index in [2.05, 4.69) is 0 Å². The highest BCUT2D eigenvalue weighted by molar-refractivity contribution is 7.89. The van der Waals surface area contributed by atoms with Gasteiger partial charge < -0.3 is 4.90 Å². The fraction of sp³-hybridized carbons (Fsp3) is 0.611. The van der Waals surface area contributed by atoms with E-state index in [4.69, 9.17) is 0 Å². The van der Waals surface area contributed by atoms with E-state index >= 15 is 0 Å². The lowest BCUT2D eigenvalue weighted by atomic mass is 9.94. The molecule has 0 atom stereocenters. The molecule has 1 saturated heterocycles. The van der Waals surface area contributed by atoms with E-state index in [-0.39, 0.29) is 5.91 Å². The number of carbonyl (C=O) groups excluding carboxylic acids is 1. The third-order valence-corrected chi connectivity index (χ3v) is 6.27. The summed E-state index contributed by atoms with van der Waals surface area (Å²) in [6, 6.07) is 7.08. The lowest BCUT2D eigenvalue weighted by Crippen LogP contribution is -2.42. The zero-order chi connectivity index (χ0) is 18.0. The van der Waals surface area contributed by atoms with Crippen LogP contribution in [0.3, 0.4) is 0 Å². The summed E-state index contributed by atoms with van der Waals surface area (Å²) in [6.45, 7) is 9.57. The number of amides is 1. The summed E-state index contributed by atoms with van der Waals surface area (Å²) in [5.74, 6) is 0.0778. The Morgan fingerprint density at radius 1 is 1.04 bits per heavy atom. The number of carbonyl (C=O) groups is 1. The molecule has 0 aliphatic carbocycles. The third kappa shape index (κ3) is 4.16. The Balaban J connectivity index is 2.13. The highest BCUT2D eigenvalue weighted by atomic mass is 32.2. The molecule has 1 fully saturated rings. The van der Waals surface area contributed by atoms with Gasteiger partial charge in [-0.25, -0.2) is 8.42 Å². The highest BCUT2D eigenvalue weighted by Crippen LogP contribution is 2.22. The Bertz CT molecular complexity index is 675. The fourth-order valence-electron chi connectivity index (χ4n) is 2.86. The molecule has 0 saturated carbocycles. The molecule has 0 aromatic heterocycles. The molecule has 0 radical (unpaired) electrons. The zero-order valence-electron chi connectivity index (χ0n) is 15.1. The molecule has 2 rings (SSSR count). The van der Waals surface area contributed by atoms with E-state index in [1.165, 1.54) is 4.31 Å². The van der Waals surface area contributed by atoms with Crippen LogP contribution in [0.25, 0.3) is 0 Å². The molecule has 1 aliphatic heterocycles. The molecule has 0 N–H and O–H groups in total. The topological polar surface area (TPSA) is 57.7 Å². The van der Waals surface area contributed by atoms with Crippen LogP contribution in [-0.4, -0.2) is 49.7 Å². The molecular formula is C18H28N2O3S. The molecule has 1 aliphatic rings. The average molecular weight is 353 g/mol. The number of hydrogen-bond acceptors (Lipinski definition) is 3. The molecule has 0 spiro atoms. The Hall–Kier alpha value is -1.40. The van der Waals surface area contributed by atoms with Gasteiger partial charge in [-0.2, -0.15) is 4.31 Å². The number of aryl methyl sites for hydroxylation is 1. The smallest absolute Gasteiger partial charge is 0.243 e. The minimum atomic E-state index is -3.50. The first kappa shape index (κ1) is 18.9. The minimum absolute atomic E-state index is 0.0778. The second-order valence-corrected chi connectivity index (χ2v) is 9.24. The lowest BCUT2D eigenvalue weighted by molar-refractivity contribution is -0.139. The predicted octanol–water partition coefficient (Wildman–Crippen LogP) is 2.52. The number of hydrogen-bond donors (Lipinski definition) is 0. The summed E-state index contributed by atoms with van der Waals surface area (Å²) in [5.41, 5.74) is 0.677. The largest absolute Gasteiger partial charge is 0.341 e. The van der Waals surface area contributed by atoms with E-state index in [1.54, 1.807) is 17.0 Å². The maximum absolute atomic E-state index is 12.8. The number of rotatable bonds is 3. The van der Waals surface area contributed by atoms with E-state index < -0.39 is 15.4 Å². The van der Waals surface area contributed by atoms with Crippen molar-refractivity contribution >= 4 is 15.9 Å². The van der Waals surface area contributed by atoms with Gasteiger partial charge in [0, 0.05) is 31.6 Å². The summed E-state index contributed by atoms with van der Waals surface area (Å²) in [5, 5.41) is 0. The van der Waals surface area contributed by atoms with Crippen LogP contribution in [-0.2, 0) is 21.2 Å². The van der Waals surface area contributed by atoms with Crippen LogP contribution in [0.2, 0.25) is 0 Å². The standard InChI is InChI=1S/C18H28N2O3S/c1-5-15-7-9-16(10-8-15)24(22,23)20-12-6-11-19(13-14-20)17(21)18(2,3)4/h7-10H,5-6,11-14H2,1-4H3. The van der Waals surface area contributed by atoms with Gasteiger partial charge in [-0.05, 0) is 30.5 Å². The SMILES string of the molecule is CCc1ccc(S(=O)(=O)N2CCCN(C(=O)C(C)(C)C)CC2)cc1. The quantitative estimate of drug-likeness (QED) is 0.840. The Morgan fingerprint density at radius 2 is 1.67 bits per heavy atom. The lowest BCUT2D eigenvalue weighted by Gasteiger charge is -2.28. The third-order valence-electron chi connectivity index (χ3n) is 4.35. The van der Waals surface area contributed by atoms with Crippen molar-refractivity contribution in [2.75, 3.05) is 26.2 Å². The van der Waals surface area contributed by atoms with E-state index in [9.17, 15) is 13.2 Å². The van der Waals surface area contributed by atoms with Gasteiger partial charge in [-0.3, -0.25) is 4.79 Å². The molecule has 6 heteroatoms. The fourth-order valence-corrected chi connectivity index (χ4v) is 4.33. The minimum Gasteiger partial charge on any atom is -0.341 e. The van der Waals surface area contributed by atoms with Crippen molar-refractivity contribution < 1.29 is 13.2 Å². The summed E-state index contributed by atoms with van der Waals surface area (Å²) in [6.07, 6.45) is 1.54. The monoisotopic (exact) mass is 352 g/mol. The van der Waals surface area contributed by atoms with Crippen LogP contribution in [0, 0.1) is 5.41 Å². The summed E-state index contributed by atoms with van der Waals surface area (Å²) < 4.78 is 27.2. The number of nitrogens with zero attached hydrogens (tertiary/aromatic N) is 2. The van der Waals surface area contributed by atoms with Crippen LogP contribution in [0.4, 0.5) is 0 Å². The van der Waals surface area contributed by atoms with Gasteiger partial charge in [0.1, 0.15) is 0 Å². The number of benzene rings is 1. The van der Waals surface area contributed by atoms with Gasteiger partial charge in [0.25, 0.3) is 0 Å². The Kier molecular flexibility index (Phi) is 5.71. The van der Waals surface area contributed by atoms with Crippen LogP contribution in [0.1, 0.15) is 39.7 Å². The van der Waals surface area contributed by atoms with Crippen molar-refractivity contribution in [2.45, 2.75) is 45.4 Å². The van der Waals surface area contributed by atoms with Crippen molar-refractivity contribution in [3.63, 3.8) is 0 Å². The van der Waals surface area contributed by atoms with Gasteiger partial charge in [-0.1, -0.05) is 39.8 Å².